The lowest BCUT2D eigenvalue weighted by Crippen LogP contribution is -2.55. The summed E-state index contributed by atoms with van der Waals surface area (Å²) in [6, 6.07) is 33.9. The third kappa shape index (κ3) is 6.44. The third-order valence-electron chi connectivity index (χ3n) is 8.93. The lowest BCUT2D eigenvalue weighted by Gasteiger charge is -2.43. The molecule has 1 heterocycles. The van der Waals surface area contributed by atoms with Crippen LogP contribution >= 0.6 is 0 Å². The van der Waals surface area contributed by atoms with Crippen molar-refractivity contribution in [1.82, 2.24) is 15.0 Å². The molecular weight excluding hydrogens is 551 g/mol. The van der Waals surface area contributed by atoms with E-state index in [4.69, 9.17) is 15.0 Å². The normalized spacial score (nSPS) is 11.6. The second kappa shape index (κ2) is 13.1. The van der Waals surface area contributed by atoms with Crippen LogP contribution < -0.4 is 5.19 Å². The average Bonchev–Trinajstić information content (AvgIpc) is 3.00. The van der Waals surface area contributed by atoms with Crippen LogP contribution in [0.5, 0.6) is 0 Å². The quantitative estimate of drug-likeness (QED) is 0.139. The summed E-state index contributed by atoms with van der Waals surface area (Å²) >= 11 is 0. The van der Waals surface area contributed by atoms with E-state index in [9.17, 15) is 0 Å². The summed E-state index contributed by atoms with van der Waals surface area (Å²) in [6.45, 7) is 18.6. The molecule has 0 atom stereocenters. The second-order valence-electron chi connectivity index (χ2n) is 12.8. The summed E-state index contributed by atoms with van der Waals surface area (Å²) in [7, 11) is -1.67. The highest BCUT2D eigenvalue weighted by Crippen LogP contribution is 2.41. The van der Waals surface area contributed by atoms with Crippen molar-refractivity contribution in [3.63, 3.8) is 0 Å². The van der Waals surface area contributed by atoms with Crippen LogP contribution in [0.4, 0.5) is 0 Å². The van der Waals surface area contributed by atoms with Gasteiger partial charge in [-0.15, -0.1) is 0 Å². The van der Waals surface area contributed by atoms with E-state index in [1.807, 2.05) is 36.4 Å². The summed E-state index contributed by atoms with van der Waals surface area (Å²) in [4.78, 5) is 14.7. The zero-order chi connectivity index (χ0) is 31.4. The molecule has 0 unspecified atom stereocenters. The van der Waals surface area contributed by atoms with Gasteiger partial charge < -0.3 is 0 Å². The Morgan fingerprint density at radius 3 is 1.25 bits per heavy atom. The zero-order valence-electron chi connectivity index (χ0n) is 27.3. The van der Waals surface area contributed by atoms with Gasteiger partial charge in [0, 0.05) is 27.8 Å². The molecule has 5 rings (SSSR count). The fourth-order valence-corrected chi connectivity index (χ4v) is 13.8. The molecule has 44 heavy (non-hydrogen) atoms. The van der Waals surface area contributed by atoms with Gasteiger partial charge in [0.2, 0.25) is 0 Å². The molecule has 0 saturated carbocycles. The van der Waals surface area contributed by atoms with E-state index < -0.39 is 8.07 Å². The Hall–Kier alpha value is -4.33. The first-order valence-electron chi connectivity index (χ1n) is 15.7. The summed E-state index contributed by atoms with van der Waals surface area (Å²) in [5, 5.41) is 1.54. The van der Waals surface area contributed by atoms with Gasteiger partial charge >= 0.3 is 0 Å². The maximum absolute atomic E-state index is 4.90. The molecule has 0 saturated heterocycles. The predicted molar refractivity (Wildman–Crippen MR) is 189 cm³/mol. The van der Waals surface area contributed by atoms with Crippen LogP contribution in [-0.2, 0) is 0 Å². The second-order valence-corrected chi connectivity index (χ2v) is 18.8. The van der Waals surface area contributed by atoms with Gasteiger partial charge in [0.25, 0.3) is 0 Å². The molecule has 0 fully saturated rings. The van der Waals surface area contributed by atoms with E-state index in [0.29, 0.717) is 34.1 Å². The van der Waals surface area contributed by atoms with Crippen molar-refractivity contribution in [3.05, 3.63) is 119 Å². The Bertz CT molecular complexity index is 1720. The largest absolute Gasteiger partial charge is 0.208 e. The monoisotopic (exact) mass is 593 g/mol. The van der Waals surface area contributed by atoms with E-state index in [2.05, 4.69) is 128 Å². The van der Waals surface area contributed by atoms with Gasteiger partial charge in [0.05, 0.1) is 8.07 Å². The van der Waals surface area contributed by atoms with Crippen LogP contribution in [0.2, 0.25) is 16.6 Å². The Morgan fingerprint density at radius 1 is 0.477 bits per heavy atom. The molecule has 0 aliphatic heterocycles. The Morgan fingerprint density at radius 2 is 0.864 bits per heavy atom. The van der Waals surface area contributed by atoms with Crippen molar-refractivity contribution < 1.29 is 0 Å². The molecular formula is C40H43N3Si. The SMILES string of the molecule is Cc1cccc(-c2nc(-c3ccc(C#Cc4ccc([Si](C(C)C)(C(C)C)C(C)C)cc4)cc3)nc(-c3cccc(C)c3)n2)c1. The topological polar surface area (TPSA) is 38.7 Å². The predicted octanol–water partition coefficient (Wildman–Crippen LogP) is 9.78. The number of rotatable bonds is 7. The average molecular weight is 594 g/mol. The van der Waals surface area contributed by atoms with Crippen LogP contribution in [0, 0.1) is 25.7 Å². The molecule has 0 aliphatic rings. The summed E-state index contributed by atoms with van der Waals surface area (Å²) in [5.41, 5.74) is 9.27. The smallest absolute Gasteiger partial charge is 0.164 e. The molecule has 0 radical (unpaired) electrons. The lowest BCUT2D eigenvalue weighted by atomic mass is 10.1. The number of hydrogen-bond acceptors (Lipinski definition) is 3. The van der Waals surface area contributed by atoms with Crippen LogP contribution in [0.15, 0.2) is 97.1 Å². The van der Waals surface area contributed by atoms with Crippen molar-refractivity contribution in [2.24, 2.45) is 0 Å². The van der Waals surface area contributed by atoms with Crippen molar-refractivity contribution in [2.75, 3.05) is 0 Å². The van der Waals surface area contributed by atoms with Crippen LogP contribution in [0.3, 0.4) is 0 Å². The summed E-state index contributed by atoms with van der Waals surface area (Å²) in [5.74, 6) is 8.73. The van der Waals surface area contributed by atoms with Gasteiger partial charge in [-0.05, 0) is 79.0 Å². The van der Waals surface area contributed by atoms with Crippen molar-refractivity contribution in [1.29, 1.82) is 0 Å². The Kier molecular flexibility index (Phi) is 9.27. The molecule has 0 amide bonds. The van der Waals surface area contributed by atoms with E-state index in [1.165, 1.54) is 11.1 Å². The zero-order valence-corrected chi connectivity index (χ0v) is 28.3. The first-order valence-corrected chi connectivity index (χ1v) is 17.9. The van der Waals surface area contributed by atoms with Crippen molar-refractivity contribution >= 4 is 13.3 Å². The van der Waals surface area contributed by atoms with Crippen molar-refractivity contribution in [3.8, 4) is 46.0 Å². The lowest BCUT2D eigenvalue weighted by molar-refractivity contribution is 0.835. The minimum absolute atomic E-state index is 0.649. The minimum atomic E-state index is -1.67. The maximum atomic E-state index is 4.90. The van der Waals surface area contributed by atoms with Gasteiger partial charge in [-0.25, -0.2) is 15.0 Å². The molecule has 5 aromatic rings. The van der Waals surface area contributed by atoms with Gasteiger partial charge in [-0.2, -0.15) is 0 Å². The molecule has 0 spiro atoms. The van der Waals surface area contributed by atoms with E-state index in [-0.39, 0.29) is 0 Å². The standard InChI is InChI=1S/C40H43N3Si/c1-27(2)44(28(3)4,29(5)6)37-23-19-33(20-24-37)16-15-32-17-21-34(22-18-32)38-41-39(35-13-9-11-30(7)25-35)43-40(42-38)36-14-10-12-31(8)26-36/h9-14,17-29H,1-8H3. The van der Waals surface area contributed by atoms with Gasteiger partial charge in [0.15, 0.2) is 17.5 Å². The van der Waals surface area contributed by atoms with Gasteiger partial charge in [0.1, 0.15) is 0 Å². The highest BCUT2D eigenvalue weighted by Gasteiger charge is 2.44. The van der Waals surface area contributed by atoms with E-state index in [1.54, 1.807) is 5.19 Å². The first kappa shape index (κ1) is 31.1. The molecule has 0 N–H and O–H groups in total. The fourth-order valence-electron chi connectivity index (χ4n) is 7.02. The van der Waals surface area contributed by atoms with Crippen LogP contribution in [0.25, 0.3) is 34.2 Å². The molecule has 1 aromatic heterocycles. The molecule has 3 nitrogen and oxygen atoms in total. The fraction of sp³-hybridized carbons (Fsp3) is 0.275. The number of aryl methyl sites for hydroxylation is 2. The molecule has 222 valence electrons. The first-order chi connectivity index (χ1) is 21.1. The third-order valence-corrected chi connectivity index (χ3v) is 16.0. The Labute approximate surface area is 264 Å². The molecule has 4 aromatic carbocycles. The highest BCUT2D eigenvalue weighted by atomic mass is 28.3. The molecule has 4 heteroatoms. The number of benzene rings is 4. The van der Waals surface area contributed by atoms with E-state index >= 15 is 0 Å². The maximum Gasteiger partial charge on any atom is 0.164 e. The van der Waals surface area contributed by atoms with Crippen LogP contribution in [-0.4, -0.2) is 23.0 Å². The van der Waals surface area contributed by atoms with Gasteiger partial charge in [-0.3, -0.25) is 0 Å². The Balaban J connectivity index is 1.45. The molecule has 0 bridgehead atoms. The van der Waals surface area contributed by atoms with Crippen LogP contribution in [0.1, 0.15) is 63.8 Å². The summed E-state index contributed by atoms with van der Waals surface area (Å²) in [6.07, 6.45) is 0. The van der Waals surface area contributed by atoms with Gasteiger partial charge in [-0.1, -0.05) is 118 Å². The van der Waals surface area contributed by atoms with Crippen molar-refractivity contribution in [2.45, 2.75) is 72.0 Å². The minimum Gasteiger partial charge on any atom is -0.208 e. The number of nitrogens with zero attached hydrogens (tertiary/aromatic N) is 3. The summed E-state index contributed by atoms with van der Waals surface area (Å²) < 4.78 is 0. The van der Waals surface area contributed by atoms with E-state index in [0.717, 1.165) is 27.8 Å². The number of aromatic nitrogens is 3. The molecule has 0 aliphatic carbocycles. The highest BCUT2D eigenvalue weighted by molar-refractivity contribution is 6.95. The number of hydrogen-bond donors (Lipinski definition) is 0.